The lowest BCUT2D eigenvalue weighted by Gasteiger charge is -2.57. The molecule has 0 saturated heterocycles. The van der Waals surface area contributed by atoms with Gasteiger partial charge in [0.05, 0.1) is 11.7 Å². The Labute approximate surface area is 101 Å². The highest BCUT2D eigenvalue weighted by Gasteiger charge is 2.55. The molecule has 0 aromatic carbocycles. The van der Waals surface area contributed by atoms with Crippen molar-refractivity contribution < 1.29 is 20.1 Å². The molecule has 3 atom stereocenters. The number of aliphatic carboxylic acids is 1. The fraction of sp³-hybridized carbons (Fsp3) is 0.769. The standard InChI is InChI=1S/C10H16O2.C3H4O2/c11-9-8-2-6-1-7(3-8)5-10(9,12)4-6;1-2-3(4)5/h6-9,11-12H,1-5H2;2H,1H2,(H,4,5). The molecule has 4 rings (SSSR count). The van der Waals surface area contributed by atoms with Gasteiger partial charge in [-0.2, -0.15) is 0 Å². The Morgan fingerprint density at radius 1 is 1.24 bits per heavy atom. The van der Waals surface area contributed by atoms with Crippen molar-refractivity contribution in [2.75, 3.05) is 0 Å². The maximum atomic E-state index is 10.1. The molecule has 4 heteroatoms. The van der Waals surface area contributed by atoms with Crippen LogP contribution in [0.5, 0.6) is 0 Å². The van der Waals surface area contributed by atoms with Crippen LogP contribution in [-0.2, 0) is 4.79 Å². The largest absolute Gasteiger partial charge is 0.478 e. The van der Waals surface area contributed by atoms with Crippen molar-refractivity contribution in [3.63, 3.8) is 0 Å². The summed E-state index contributed by atoms with van der Waals surface area (Å²) in [5.74, 6) is 0.873. The molecule has 0 aromatic rings. The first-order valence-corrected chi connectivity index (χ1v) is 6.20. The zero-order valence-corrected chi connectivity index (χ0v) is 9.88. The smallest absolute Gasteiger partial charge is 0.327 e. The summed E-state index contributed by atoms with van der Waals surface area (Å²) in [4.78, 5) is 9.25. The Hall–Kier alpha value is -0.870. The monoisotopic (exact) mass is 240 g/mol. The van der Waals surface area contributed by atoms with Crippen molar-refractivity contribution in [1.82, 2.24) is 0 Å². The van der Waals surface area contributed by atoms with E-state index in [1.165, 1.54) is 19.3 Å². The molecule has 4 aliphatic carbocycles. The summed E-state index contributed by atoms with van der Waals surface area (Å²) in [6.07, 6.45) is 5.79. The molecule has 96 valence electrons. The van der Waals surface area contributed by atoms with Crippen LogP contribution in [0.15, 0.2) is 12.7 Å². The Balaban J connectivity index is 0.000000188. The molecule has 0 spiro atoms. The summed E-state index contributed by atoms with van der Waals surface area (Å²) < 4.78 is 0. The molecular formula is C13H20O4. The molecule has 4 saturated carbocycles. The fourth-order valence-electron chi connectivity index (χ4n) is 3.97. The highest BCUT2D eigenvalue weighted by Crippen LogP contribution is 2.55. The average molecular weight is 240 g/mol. The third-order valence-electron chi connectivity index (χ3n) is 4.39. The van der Waals surface area contributed by atoms with Gasteiger partial charge in [0, 0.05) is 6.08 Å². The predicted octanol–water partition coefficient (Wildman–Crippen LogP) is 1.18. The molecule has 0 radical (unpaired) electrons. The van der Waals surface area contributed by atoms with Gasteiger partial charge in [0.25, 0.3) is 0 Å². The fourth-order valence-corrected chi connectivity index (χ4v) is 3.97. The van der Waals surface area contributed by atoms with Crippen molar-refractivity contribution in [2.24, 2.45) is 17.8 Å². The quantitative estimate of drug-likeness (QED) is 0.601. The van der Waals surface area contributed by atoms with Crippen LogP contribution in [0.1, 0.15) is 32.1 Å². The number of carboxylic acids is 1. The first-order chi connectivity index (χ1) is 7.94. The van der Waals surface area contributed by atoms with Gasteiger partial charge in [0.2, 0.25) is 0 Å². The van der Waals surface area contributed by atoms with E-state index in [0.717, 1.165) is 30.8 Å². The minimum absolute atomic E-state index is 0.412. The Morgan fingerprint density at radius 3 is 2.06 bits per heavy atom. The van der Waals surface area contributed by atoms with E-state index in [4.69, 9.17) is 5.11 Å². The predicted molar refractivity (Wildman–Crippen MR) is 62.3 cm³/mol. The second-order valence-electron chi connectivity index (χ2n) is 5.70. The van der Waals surface area contributed by atoms with E-state index in [1.807, 2.05) is 0 Å². The van der Waals surface area contributed by atoms with E-state index in [0.29, 0.717) is 5.92 Å². The molecular weight excluding hydrogens is 220 g/mol. The van der Waals surface area contributed by atoms with Gasteiger partial charge in [-0.05, 0) is 49.9 Å². The van der Waals surface area contributed by atoms with Crippen LogP contribution in [0.4, 0.5) is 0 Å². The van der Waals surface area contributed by atoms with Crippen molar-refractivity contribution in [3.8, 4) is 0 Å². The van der Waals surface area contributed by atoms with Gasteiger partial charge >= 0.3 is 5.97 Å². The zero-order valence-electron chi connectivity index (χ0n) is 9.88. The minimum Gasteiger partial charge on any atom is -0.478 e. The van der Waals surface area contributed by atoms with Crippen molar-refractivity contribution in [3.05, 3.63) is 12.7 Å². The molecule has 0 heterocycles. The van der Waals surface area contributed by atoms with Crippen LogP contribution in [0, 0.1) is 17.8 Å². The van der Waals surface area contributed by atoms with Gasteiger partial charge in [-0.15, -0.1) is 0 Å². The highest BCUT2D eigenvalue weighted by molar-refractivity contribution is 5.78. The lowest BCUT2D eigenvalue weighted by molar-refractivity contribution is -0.203. The molecule has 4 aliphatic rings. The van der Waals surface area contributed by atoms with Crippen molar-refractivity contribution in [1.29, 1.82) is 0 Å². The Morgan fingerprint density at radius 2 is 1.71 bits per heavy atom. The normalized spacial score (nSPS) is 46.0. The number of hydrogen-bond donors (Lipinski definition) is 3. The van der Waals surface area contributed by atoms with Crippen LogP contribution < -0.4 is 0 Å². The molecule has 4 fully saturated rings. The van der Waals surface area contributed by atoms with E-state index >= 15 is 0 Å². The lowest BCUT2D eigenvalue weighted by Crippen LogP contribution is -2.60. The summed E-state index contributed by atoms with van der Waals surface area (Å²) in [7, 11) is 0. The van der Waals surface area contributed by atoms with Crippen LogP contribution in [0.2, 0.25) is 0 Å². The molecule has 0 aliphatic heterocycles. The number of carboxylic acid groups (broad SMARTS) is 1. The number of aliphatic hydroxyl groups excluding tert-OH is 1. The third kappa shape index (κ3) is 2.38. The van der Waals surface area contributed by atoms with Gasteiger partial charge in [-0.3, -0.25) is 0 Å². The molecule has 3 unspecified atom stereocenters. The Bertz CT molecular complexity index is 311. The van der Waals surface area contributed by atoms with Gasteiger partial charge in [0.15, 0.2) is 0 Å². The summed E-state index contributed by atoms with van der Waals surface area (Å²) in [5.41, 5.74) is -0.686. The number of hydrogen-bond acceptors (Lipinski definition) is 3. The zero-order chi connectivity index (χ0) is 12.6. The number of aliphatic hydroxyl groups is 2. The topological polar surface area (TPSA) is 77.8 Å². The van der Waals surface area contributed by atoms with E-state index in [1.54, 1.807) is 0 Å². The second kappa shape index (κ2) is 4.42. The van der Waals surface area contributed by atoms with Gasteiger partial charge in [-0.1, -0.05) is 6.58 Å². The number of carbonyl (C=O) groups is 1. The van der Waals surface area contributed by atoms with Crippen LogP contribution in [-0.4, -0.2) is 33.0 Å². The van der Waals surface area contributed by atoms with E-state index in [9.17, 15) is 15.0 Å². The SMILES string of the molecule is C=CC(=O)O.OC1C2CC3CC(C2)CC1(O)C3. The second-order valence-corrected chi connectivity index (χ2v) is 5.70. The van der Waals surface area contributed by atoms with Crippen LogP contribution >= 0.6 is 0 Å². The first-order valence-electron chi connectivity index (χ1n) is 6.20. The average Bonchev–Trinajstić information content (AvgIpc) is 2.25. The molecule has 4 bridgehead atoms. The van der Waals surface area contributed by atoms with Crippen molar-refractivity contribution in [2.45, 2.75) is 43.8 Å². The maximum Gasteiger partial charge on any atom is 0.327 e. The lowest BCUT2D eigenvalue weighted by atomic mass is 9.53. The summed E-state index contributed by atoms with van der Waals surface area (Å²) >= 11 is 0. The summed E-state index contributed by atoms with van der Waals surface area (Å²) in [5, 5.41) is 27.6. The van der Waals surface area contributed by atoms with Crippen LogP contribution in [0.25, 0.3) is 0 Å². The van der Waals surface area contributed by atoms with Crippen LogP contribution in [0.3, 0.4) is 0 Å². The first kappa shape index (κ1) is 12.6. The highest BCUT2D eigenvalue weighted by atomic mass is 16.4. The van der Waals surface area contributed by atoms with Crippen molar-refractivity contribution >= 4 is 5.97 Å². The van der Waals surface area contributed by atoms with Gasteiger partial charge < -0.3 is 15.3 Å². The molecule has 17 heavy (non-hydrogen) atoms. The molecule has 0 amide bonds. The number of rotatable bonds is 1. The molecule has 4 nitrogen and oxygen atoms in total. The molecule has 3 N–H and O–H groups in total. The molecule has 0 aromatic heterocycles. The van der Waals surface area contributed by atoms with Gasteiger partial charge in [-0.25, -0.2) is 4.79 Å². The summed E-state index contributed by atoms with van der Waals surface area (Å²) in [6, 6.07) is 0. The van der Waals surface area contributed by atoms with E-state index in [-0.39, 0.29) is 0 Å². The minimum atomic E-state index is -0.981. The summed E-state index contributed by atoms with van der Waals surface area (Å²) in [6.45, 7) is 2.96. The Kier molecular flexibility index (Phi) is 3.27. The van der Waals surface area contributed by atoms with E-state index in [2.05, 4.69) is 6.58 Å². The van der Waals surface area contributed by atoms with E-state index < -0.39 is 17.7 Å². The third-order valence-corrected chi connectivity index (χ3v) is 4.39. The maximum absolute atomic E-state index is 10.1. The van der Waals surface area contributed by atoms with Gasteiger partial charge in [0.1, 0.15) is 0 Å².